The summed E-state index contributed by atoms with van der Waals surface area (Å²) in [7, 11) is 0. The third kappa shape index (κ3) is 6.63. The lowest BCUT2D eigenvalue weighted by atomic mass is 9.91. The number of thiophene rings is 1. The summed E-state index contributed by atoms with van der Waals surface area (Å²) in [5, 5.41) is 11.5. The van der Waals surface area contributed by atoms with Gasteiger partial charge in [-0.3, -0.25) is 9.80 Å². The average Bonchev–Trinajstić information content (AvgIpc) is 3.82. The molecule has 0 unspecified atom stereocenters. The Labute approximate surface area is 266 Å². The molecule has 2 atom stereocenters. The van der Waals surface area contributed by atoms with Crippen molar-refractivity contribution in [3.63, 3.8) is 0 Å². The summed E-state index contributed by atoms with van der Waals surface area (Å²) in [6.07, 6.45) is 11.4. The molecule has 1 aliphatic carbocycles. The molecule has 0 spiro atoms. The Hall–Kier alpha value is -3.06. The van der Waals surface area contributed by atoms with Crippen LogP contribution in [0.4, 0.5) is 0 Å². The zero-order valence-corrected chi connectivity index (χ0v) is 26.9. The number of fused-ring (bicyclic) bond motifs is 1. The Bertz CT molecular complexity index is 1550. The van der Waals surface area contributed by atoms with E-state index in [-0.39, 0.29) is 0 Å². The number of benzene rings is 3. The minimum absolute atomic E-state index is 0.290. The lowest BCUT2D eigenvalue weighted by Crippen LogP contribution is -2.46. The van der Waals surface area contributed by atoms with Crippen molar-refractivity contribution in [2.45, 2.75) is 76.9 Å². The standard InChI is InChI=1S/C38H46N2O3S/c1-27-24-28(10-17-35(27)43-36-9-3-2-8-34(36)40-20-6-7-21-40)25-33-32-16-13-30(41)26-37(32)44-38(33)29-11-14-31(15-12-29)42-23-22-39-18-4-5-19-39/h10-17,24,26,34,36,41H,2-9,18-23,25H2,1H3/t34-,36-/m1/s1. The molecule has 3 heterocycles. The predicted molar refractivity (Wildman–Crippen MR) is 182 cm³/mol. The number of hydrogen-bond acceptors (Lipinski definition) is 6. The van der Waals surface area contributed by atoms with Gasteiger partial charge in [-0.25, -0.2) is 0 Å². The normalized spacial score (nSPS) is 21.3. The van der Waals surface area contributed by atoms with E-state index >= 15 is 0 Å². The molecule has 1 saturated carbocycles. The number of hydrogen-bond donors (Lipinski definition) is 1. The first-order chi connectivity index (χ1) is 21.6. The first-order valence-corrected chi connectivity index (χ1v) is 17.6. The van der Waals surface area contributed by atoms with E-state index in [2.05, 4.69) is 65.3 Å². The van der Waals surface area contributed by atoms with E-state index in [1.54, 1.807) is 11.3 Å². The zero-order valence-electron chi connectivity index (χ0n) is 26.1. The Morgan fingerprint density at radius 3 is 2.41 bits per heavy atom. The second-order valence-corrected chi connectivity index (χ2v) is 14.1. The van der Waals surface area contributed by atoms with Crippen LogP contribution in [0.25, 0.3) is 20.5 Å². The maximum absolute atomic E-state index is 10.2. The molecule has 5 nitrogen and oxygen atoms in total. The molecule has 44 heavy (non-hydrogen) atoms. The quantitative estimate of drug-likeness (QED) is 0.195. The molecule has 0 amide bonds. The second-order valence-electron chi connectivity index (χ2n) is 13.0. The number of phenols is 1. The fourth-order valence-electron chi connectivity index (χ4n) is 7.58. The predicted octanol–water partition coefficient (Wildman–Crippen LogP) is 8.43. The van der Waals surface area contributed by atoms with Crippen LogP contribution >= 0.6 is 11.3 Å². The molecule has 1 N–H and O–H groups in total. The summed E-state index contributed by atoms with van der Waals surface area (Å²) in [6, 6.07) is 21.7. The zero-order chi connectivity index (χ0) is 29.9. The van der Waals surface area contributed by atoms with Crippen LogP contribution in [0.5, 0.6) is 17.2 Å². The van der Waals surface area contributed by atoms with Gasteiger partial charge in [0.25, 0.3) is 0 Å². The summed E-state index contributed by atoms with van der Waals surface area (Å²) in [5.74, 6) is 2.26. The van der Waals surface area contributed by atoms with Crippen molar-refractivity contribution in [3.8, 4) is 27.7 Å². The van der Waals surface area contributed by atoms with Crippen molar-refractivity contribution >= 4 is 21.4 Å². The van der Waals surface area contributed by atoms with Gasteiger partial charge in [0.1, 0.15) is 30.0 Å². The molecule has 0 bridgehead atoms. The molecule has 232 valence electrons. The molecular formula is C38H46N2O3S. The van der Waals surface area contributed by atoms with Gasteiger partial charge in [-0.05, 0) is 161 Å². The fraction of sp³-hybridized carbons (Fsp3) is 0.474. The molecule has 2 aliphatic heterocycles. The van der Waals surface area contributed by atoms with E-state index in [0.717, 1.165) is 42.2 Å². The van der Waals surface area contributed by atoms with Gasteiger partial charge in [0.05, 0.1) is 0 Å². The number of aryl methyl sites for hydroxylation is 1. The largest absolute Gasteiger partial charge is 0.508 e. The minimum atomic E-state index is 0.290. The highest BCUT2D eigenvalue weighted by Crippen LogP contribution is 2.42. The molecule has 3 aliphatic rings. The Morgan fingerprint density at radius 2 is 1.61 bits per heavy atom. The second kappa shape index (κ2) is 13.5. The molecular weight excluding hydrogens is 564 g/mol. The summed E-state index contributed by atoms with van der Waals surface area (Å²) in [4.78, 5) is 6.42. The van der Waals surface area contributed by atoms with E-state index in [1.165, 1.54) is 104 Å². The molecule has 2 saturated heterocycles. The van der Waals surface area contributed by atoms with Crippen LogP contribution in [0, 0.1) is 6.92 Å². The van der Waals surface area contributed by atoms with E-state index in [9.17, 15) is 5.11 Å². The first-order valence-electron chi connectivity index (χ1n) is 16.8. The van der Waals surface area contributed by atoms with Gasteiger partial charge in [0.15, 0.2) is 0 Å². The monoisotopic (exact) mass is 610 g/mol. The van der Waals surface area contributed by atoms with Gasteiger partial charge in [-0.1, -0.05) is 18.6 Å². The average molecular weight is 611 g/mol. The van der Waals surface area contributed by atoms with Crippen LogP contribution in [0.15, 0.2) is 60.7 Å². The number of phenolic OH excluding ortho intramolecular Hbond substituents is 1. The van der Waals surface area contributed by atoms with Gasteiger partial charge < -0.3 is 14.6 Å². The van der Waals surface area contributed by atoms with E-state index in [1.807, 2.05) is 12.1 Å². The maximum atomic E-state index is 10.2. The Kier molecular flexibility index (Phi) is 9.10. The minimum Gasteiger partial charge on any atom is -0.508 e. The molecule has 3 aromatic carbocycles. The van der Waals surface area contributed by atoms with Crippen LogP contribution < -0.4 is 9.47 Å². The van der Waals surface area contributed by atoms with Gasteiger partial charge in [0, 0.05) is 22.2 Å². The topological polar surface area (TPSA) is 45.2 Å². The van der Waals surface area contributed by atoms with Gasteiger partial charge in [-0.2, -0.15) is 0 Å². The lowest BCUT2D eigenvalue weighted by molar-refractivity contribution is 0.0481. The van der Waals surface area contributed by atoms with Crippen molar-refractivity contribution < 1.29 is 14.6 Å². The number of ether oxygens (including phenoxy) is 2. The fourth-order valence-corrected chi connectivity index (χ4v) is 8.84. The van der Waals surface area contributed by atoms with E-state index < -0.39 is 0 Å². The Morgan fingerprint density at radius 1 is 0.841 bits per heavy atom. The first kappa shape index (κ1) is 29.6. The molecule has 7 rings (SSSR count). The SMILES string of the molecule is Cc1cc(Cc2c(-c3ccc(OCCN4CCCC4)cc3)sc3cc(O)ccc23)ccc1O[C@@H]1CCCC[C@H]1N1CCCC1. The Balaban J connectivity index is 1.09. The third-order valence-corrected chi connectivity index (χ3v) is 11.2. The van der Waals surface area contributed by atoms with E-state index in [4.69, 9.17) is 9.47 Å². The summed E-state index contributed by atoms with van der Waals surface area (Å²) >= 11 is 1.76. The van der Waals surface area contributed by atoms with Gasteiger partial charge in [0.2, 0.25) is 0 Å². The number of rotatable bonds is 10. The summed E-state index contributed by atoms with van der Waals surface area (Å²) in [5.41, 5.74) is 4.99. The smallest absolute Gasteiger partial charge is 0.122 e. The van der Waals surface area contributed by atoms with Crippen LogP contribution in [-0.4, -0.2) is 66.4 Å². The van der Waals surface area contributed by atoms with E-state index in [0.29, 0.717) is 17.9 Å². The summed E-state index contributed by atoms with van der Waals surface area (Å²) in [6.45, 7) is 8.76. The molecule has 6 heteroatoms. The van der Waals surface area contributed by atoms with Crippen molar-refractivity contribution in [1.29, 1.82) is 0 Å². The van der Waals surface area contributed by atoms with Crippen LogP contribution in [0.1, 0.15) is 68.1 Å². The van der Waals surface area contributed by atoms with Crippen LogP contribution in [0.3, 0.4) is 0 Å². The van der Waals surface area contributed by atoms with Crippen molar-refractivity contribution in [2.75, 3.05) is 39.3 Å². The van der Waals surface area contributed by atoms with Crippen LogP contribution in [0.2, 0.25) is 0 Å². The highest BCUT2D eigenvalue weighted by molar-refractivity contribution is 7.22. The highest BCUT2D eigenvalue weighted by atomic mass is 32.1. The number of nitrogens with zero attached hydrogens (tertiary/aromatic N) is 2. The third-order valence-electron chi connectivity index (χ3n) is 9.94. The van der Waals surface area contributed by atoms with Crippen molar-refractivity contribution in [3.05, 3.63) is 77.4 Å². The van der Waals surface area contributed by atoms with Gasteiger partial charge >= 0.3 is 0 Å². The highest BCUT2D eigenvalue weighted by Gasteiger charge is 2.33. The summed E-state index contributed by atoms with van der Waals surface area (Å²) < 4.78 is 14.0. The van der Waals surface area contributed by atoms with Crippen molar-refractivity contribution in [1.82, 2.24) is 9.80 Å². The molecule has 0 radical (unpaired) electrons. The van der Waals surface area contributed by atoms with Crippen LogP contribution in [-0.2, 0) is 6.42 Å². The van der Waals surface area contributed by atoms with Crippen molar-refractivity contribution in [2.24, 2.45) is 0 Å². The lowest BCUT2D eigenvalue weighted by Gasteiger charge is -2.38. The molecule has 1 aromatic heterocycles. The maximum Gasteiger partial charge on any atom is 0.122 e. The number of likely N-dealkylation sites (tertiary alicyclic amines) is 2. The number of aromatic hydroxyl groups is 1. The molecule has 4 aromatic rings. The molecule has 3 fully saturated rings. The van der Waals surface area contributed by atoms with Gasteiger partial charge in [-0.15, -0.1) is 11.3 Å².